The third-order valence-corrected chi connectivity index (χ3v) is 2.26. The first kappa shape index (κ1) is 9.09. The second kappa shape index (κ2) is 2.75. The van der Waals surface area contributed by atoms with Gasteiger partial charge in [0.2, 0.25) is 0 Å². The van der Waals surface area contributed by atoms with E-state index in [4.69, 9.17) is 0 Å². The fourth-order valence-electron chi connectivity index (χ4n) is 1.45. The maximum atomic E-state index is 9.77. The number of aromatic hydroxyl groups is 1. The number of aliphatic hydroxyl groups is 1. The van der Waals surface area contributed by atoms with Gasteiger partial charge in [0.05, 0.1) is 5.60 Å². The smallest absolute Gasteiger partial charge is 0.116 e. The molecule has 14 heavy (non-hydrogen) atoms. The number of rotatable bonds is 1. The minimum Gasteiger partial charge on any atom is -0.508 e. The van der Waals surface area contributed by atoms with E-state index in [-0.39, 0.29) is 5.75 Å². The summed E-state index contributed by atoms with van der Waals surface area (Å²) in [5, 5.41) is 19.9. The summed E-state index contributed by atoms with van der Waals surface area (Å²) in [4.78, 5) is 3.10. The van der Waals surface area contributed by atoms with Gasteiger partial charge in [-0.25, -0.2) is 0 Å². The van der Waals surface area contributed by atoms with Gasteiger partial charge in [-0.15, -0.1) is 0 Å². The van der Waals surface area contributed by atoms with Gasteiger partial charge in [-0.3, -0.25) is 0 Å². The Balaban J connectivity index is 2.63. The van der Waals surface area contributed by atoms with Crippen molar-refractivity contribution in [2.45, 2.75) is 19.4 Å². The highest BCUT2D eigenvalue weighted by Gasteiger charge is 2.18. The molecule has 0 fully saturated rings. The zero-order valence-corrected chi connectivity index (χ0v) is 8.20. The molecule has 1 heterocycles. The van der Waals surface area contributed by atoms with Gasteiger partial charge in [0.25, 0.3) is 0 Å². The number of phenolic OH excluding ortho intramolecular Hbond substituents is 1. The van der Waals surface area contributed by atoms with Crippen molar-refractivity contribution in [1.82, 2.24) is 4.98 Å². The minimum atomic E-state index is -0.880. The highest BCUT2D eigenvalue weighted by Crippen LogP contribution is 2.26. The summed E-state index contributed by atoms with van der Waals surface area (Å²) in [6.45, 7) is 3.44. The van der Waals surface area contributed by atoms with Crippen molar-refractivity contribution >= 4 is 10.9 Å². The Hall–Kier alpha value is -1.48. The van der Waals surface area contributed by atoms with E-state index in [9.17, 15) is 10.2 Å². The first-order valence-corrected chi connectivity index (χ1v) is 4.51. The topological polar surface area (TPSA) is 56.2 Å². The van der Waals surface area contributed by atoms with Crippen molar-refractivity contribution in [3.8, 4) is 5.75 Å². The van der Waals surface area contributed by atoms with Crippen molar-refractivity contribution in [1.29, 1.82) is 0 Å². The van der Waals surface area contributed by atoms with Crippen LogP contribution in [0, 0.1) is 0 Å². The summed E-state index contributed by atoms with van der Waals surface area (Å²) in [7, 11) is 0. The second-order valence-electron chi connectivity index (χ2n) is 4.01. The van der Waals surface area contributed by atoms with Crippen LogP contribution in [0.5, 0.6) is 5.75 Å². The highest BCUT2D eigenvalue weighted by atomic mass is 16.3. The van der Waals surface area contributed by atoms with E-state index >= 15 is 0 Å². The molecule has 0 aliphatic carbocycles. The number of benzene rings is 1. The third-order valence-electron chi connectivity index (χ3n) is 2.26. The molecule has 0 atom stereocenters. The lowest BCUT2D eigenvalue weighted by molar-refractivity contribution is 0.0747. The fourth-order valence-corrected chi connectivity index (χ4v) is 1.45. The Morgan fingerprint density at radius 2 is 1.93 bits per heavy atom. The molecular weight excluding hydrogens is 178 g/mol. The van der Waals surface area contributed by atoms with Gasteiger partial charge in [0, 0.05) is 16.6 Å². The van der Waals surface area contributed by atoms with Crippen LogP contribution < -0.4 is 0 Å². The highest BCUT2D eigenvalue weighted by molar-refractivity contribution is 5.82. The monoisotopic (exact) mass is 191 g/mol. The number of H-pyrrole nitrogens is 1. The molecule has 0 amide bonds. The van der Waals surface area contributed by atoms with E-state index in [0.717, 1.165) is 16.6 Å². The maximum Gasteiger partial charge on any atom is 0.116 e. The molecule has 3 heteroatoms. The van der Waals surface area contributed by atoms with Gasteiger partial charge in [-0.05, 0) is 38.1 Å². The Morgan fingerprint density at radius 3 is 2.57 bits per heavy atom. The second-order valence-corrected chi connectivity index (χ2v) is 4.01. The number of phenols is 1. The minimum absolute atomic E-state index is 0.235. The molecule has 0 unspecified atom stereocenters. The number of hydrogen-bond acceptors (Lipinski definition) is 2. The molecule has 1 aromatic heterocycles. The van der Waals surface area contributed by atoms with E-state index in [2.05, 4.69) is 4.98 Å². The molecule has 0 radical (unpaired) electrons. The van der Waals surface area contributed by atoms with Gasteiger partial charge in [0.15, 0.2) is 0 Å². The van der Waals surface area contributed by atoms with Gasteiger partial charge >= 0.3 is 0 Å². The van der Waals surface area contributed by atoms with Crippen LogP contribution in [0.25, 0.3) is 10.9 Å². The first-order valence-electron chi connectivity index (χ1n) is 4.51. The molecule has 74 valence electrons. The lowest BCUT2D eigenvalue weighted by Crippen LogP contribution is -2.15. The zero-order chi connectivity index (χ0) is 10.3. The van der Waals surface area contributed by atoms with Crippen molar-refractivity contribution in [3.05, 3.63) is 30.0 Å². The Morgan fingerprint density at radius 1 is 1.21 bits per heavy atom. The lowest BCUT2D eigenvalue weighted by Gasteiger charge is -2.14. The fraction of sp³-hybridized carbons (Fsp3) is 0.273. The Labute approximate surface area is 82.0 Å². The third kappa shape index (κ3) is 1.46. The Bertz CT molecular complexity index is 466. The van der Waals surface area contributed by atoms with E-state index in [1.54, 1.807) is 32.0 Å². The van der Waals surface area contributed by atoms with Crippen molar-refractivity contribution < 1.29 is 10.2 Å². The number of nitrogens with one attached hydrogen (secondary N) is 1. The first-order chi connectivity index (χ1) is 6.47. The summed E-state index contributed by atoms with van der Waals surface area (Å²) in [5.74, 6) is 0.235. The van der Waals surface area contributed by atoms with Crippen molar-refractivity contribution in [2.24, 2.45) is 0 Å². The summed E-state index contributed by atoms with van der Waals surface area (Å²) < 4.78 is 0. The average molecular weight is 191 g/mol. The molecule has 0 bridgehead atoms. The van der Waals surface area contributed by atoms with Crippen molar-refractivity contribution in [2.75, 3.05) is 0 Å². The normalized spacial score (nSPS) is 12.2. The number of fused-ring (bicyclic) bond motifs is 1. The number of hydrogen-bond donors (Lipinski definition) is 3. The predicted octanol–water partition coefficient (Wildman–Crippen LogP) is 2.10. The van der Waals surface area contributed by atoms with E-state index in [1.807, 2.05) is 6.07 Å². The predicted molar refractivity (Wildman–Crippen MR) is 55.2 cm³/mol. The Kier molecular flexibility index (Phi) is 1.79. The molecule has 0 aliphatic rings. The SMILES string of the molecule is CC(C)(O)c1cc2cc(O)ccc2[nH]1. The molecule has 2 aromatic rings. The van der Waals surface area contributed by atoms with Crippen LogP contribution in [0.1, 0.15) is 19.5 Å². The standard InChI is InChI=1S/C11H13NO2/c1-11(2,14)10-6-7-5-8(13)3-4-9(7)12-10/h3-6,12-14H,1-2H3. The van der Waals surface area contributed by atoms with Crippen LogP contribution >= 0.6 is 0 Å². The molecule has 0 aliphatic heterocycles. The number of aromatic nitrogens is 1. The van der Waals surface area contributed by atoms with E-state index in [1.165, 1.54) is 0 Å². The van der Waals surface area contributed by atoms with E-state index < -0.39 is 5.60 Å². The summed E-state index contributed by atoms with van der Waals surface area (Å²) in [6, 6.07) is 6.92. The molecule has 3 N–H and O–H groups in total. The molecule has 0 saturated carbocycles. The van der Waals surface area contributed by atoms with Crippen LogP contribution in [0.4, 0.5) is 0 Å². The van der Waals surface area contributed by atoms with Gasteiger partial charge < -0.3 is 15.2 Å². The van der Waals surface area contributed by atoms with Crippen LogP contribution in [-0.2, 0) is 5.60 Å². The van der Waals surface area contributed by atoms with Gasteiger partial charge in [-0.1, -0.05) is 0 Å². The van der Waals surface area contributed by atoms with E-state index in [0.29, 0.717) is 0 Å². The number of aromatic amines is 1. The van der Waals surface area contributed by atoms with Crippen LogP contribution in [0.3, 0.4) is 0 Å². The maximum absolute atomic E-state index is 9.77. The lowest BCUT2D eigenvalue weighted by atomic mass is 10.1. The van der Waals surface area contributed by atoms with Crippen molar-refractivity contribution in [3.63, 3.8) is 0 Å². The van der Waals surface area contributed by atoms with Gasteiger partial charge in [0.1, 0.15) is 5.75 Å². The molecule has 0 spiro atoms. The molecule has 1 aromatic carbocycles. The van der Waals surface area contributed by atoms with Crippen LogP contribution in [0.15, 0.2) is 24.3 Å². The van der Waals surface area contributed by atoms with Crippen LogP contribution in [0.2, 0.25) is 0 Å². The molecule has 2 rings (SSSR count). The average Bonchev–Trinajstić information content (AvgIpc) is 2.45. The van der Waals surface area contributed by atoms with Crippen LogP contribution in [-0.4, -0.2) is 15.2 Å². The molecule has 0 saturated heterocycles. The largest absolute Gasteiger partial charge is 0.508 e. The zero-order valence-electron chi connectivity index (χ0n) is 8.20. The molecule has 3 nitrogen and oxygen atoms in total. The molecular formula is C11H13NO2. The van der Waals surface area contributed by atoms with Gasteiger partial charge in [-0.2, -0.15) is 0 Å². The summed E-state index contributed by atoms with van der Waals surface area (Å²) in [6.07, 6.45) is 0. The summed E-state index contributed by atoms with van der Waals surface area (Å²) >= 11 is 0. The quantitative estimate of drug-likeness (QED) is 0.646. The summed E-state index contributed by atoms with van der Waals surface area (Å²) in [5.41, 5.74) is 0.785.